The highest BCUT2D eigenvalue weighted by Gasteiger charge is 2.32. The fourth-order valence-corrected chi connectivity index (χ4v) is 3.01. The third-order valence-electron chi connectivity index (χ3n) is 4.44. The van der Waals surface area contributed by atoms with E-state index >= 15 is 0 Å². The van der Waals surface area contributed by atoms with Gasteiger partial charge in [0, 0.05) is 25.6 Å². The molecular formula is C17H23F3N2O2. The summed E-state index contributed by atoms with van der Waals surface area (Å²) in [5, 5.41) is 0. The van der Waals surface area contributed by atoms with Gasteiger partial charge in [-0.2, -0.15) is 0 Å². The highest BCUT2D eigenvalue weighted by atomic mass is 19.4. The third kappa shape index (κ3) is 5.40. The number of hydrogen-bond acceptors (Lipinski definition) is 3. The zero-order valence-corrected chi connectivity index (χ0v) is 13.7. The van der Waals surface area contributed by atoms with Crippen LogP contribution >= 0.6 is 0 Å². The second-order valence-electron chi connectivity index (χ2n) is 6.23. The number of alkyl halides is 3. The maximum Gasteiger partial charge on any atom is 0.573 e. The van der Waals surface area contributed by atoms with Crippen molar-refractivity contribution in [3.8, 4) is 5.75 Å². The van der Waals surface area contributed by atoms with Crippen LogP contribution in [0.1, 0.15) is 31.7 Å². The molecule has 1 amide bonds. The Morgan fingerprint density at radius 3 is 2.54 bits per heavy atom. The van der Waals surface area contributed by atoms with Gasteiger partial charge in [-0.15, -0.1) is 13.2 Å². The Balaban J connectivity index is 1.89. The molecule has 0 spiro atoms. The van der Waals surface area contributed by atoms with Crippen molar-refractivity contribution in [1.29, 1.82) is 0 Å². The van der Waals surface area contributed by atoms with E-state index in [-0.39, 0.29) is 30.5 Å². The lowest BCUT2D eigenvalue weighted by Crippen LogP contribution is -2.42. The number of amides is 1. The lowest BCUT2D eigenvalue weighted by atomic mass is 9.91. The van der Waals surface area contributed by atoms with Gasteiger partial charge in [-0.1, -0.05) is 18.2 Å². The van der Waals surface area contributed by atoms with E-state index < -0.39 is 6.36 Å². The second kappa shape index (κ2) is 7.88. The summed E-state index contributed by atoms with van der Waals surface area (Å²) in [6.45, 7) is 3.29. The molecule has 7 heteroatoms. The van der Waals surface area contributed by atoms with Crippen LogP contribution in [0.3, 0.4) is 0 Å². The largest absolute Gasteiger partial charge is 0.573 e. The molecule has 0 aliphatic carbocycles. The van der Waals surface area contributed by atoms with Gasteiger partial charge in [0.1, 0.15) is 5.75 Å². The van der Waals surface area contributed by atoms with Gasteiger partial charge >= 0.3 is 6.36 Å². The molecule has 0 radical (unpaired) electrons. The first kappa shape index (κ1) is 18.6. The minimum absolute atomic E-state index is 0.0417. The Bertz CT molecular complexity index is 553. The topological polar surface area (TPSA) is 55.6 Å². The molecule has 1 saturated heterocycles. The number of carbonyl (C=O) groups is 1. The number of nitrogens with zero attached hydrogens (tertiary/aromatic N) is 1. The lowest BCUT2D eigenvalue weighted by Gasteiger charge is -2.33. The van der Waals surface area contributed by atoms with Crippen molar-refractivity contribution < 1.29 is 22.7 Å². The Morgan fingerprint density at radius 1 is 1.33 bits per heavy atom. The van der Waals surface area contributed by atoms with Gasteiger partial charge in [0.05, 0.1) is 0 Å². The summed E-state index contributed by atoms with van der Waals surface area (Å²) in [5.41, 5.74) is 6.26. The number of aryl methyl sites for hydroxylation is 1. The van der Waals surface area contributed by atoms with E-state index in [9.17, 15) is 18.0 Å². The Hall–Kier alpha value is -1.76. The highest BCUT2D eigenvalue weighted by molar-refractivity contribution is 5.76. The molecule has 1 aliphatic rings. The third-order valence-corrected chi connectivity index (χ3v) is 4.44. The van der Waals surface area contributed by atoms with Crippen molar-refractivity contribution >= 4 is 5.91 Å². The summed E-state index contributed by atoms with van der Waals surface area (Å²) in [5.74, 6) is 0.142. The summed E-state index contributed by atoms with van der Waals surface area (Å²) in [6, 6.07) is 6.05. The molecule has 134 valence electrons. The van der Waals surface area contributed by atoms with E-state index in [1.54, 1.807) is 17.0 Å². The van der Waals surface area contributed by atoms with Crippen LogP contribution in [-0.2, 0) is 11.2 Å². The molecule has 1 unspecified atom stereocenters. The number of piperidine rings is 1. The molecule has 1 aliphatic heterocycles. The average molecular weight is 344 g/mol. The van der Waals surface area contributed by atoms with Crippen LogP contribution in [0.2, 0.25) is 0 Å². The van der Waals surface area contributed by atoms with Crippen LogP contribution in [-0.4, -0.2) is 36.3 Å². The maximum atomic E-state index is 12.4. The number of nitrogens with two attached hydrogens (primary N) is 1. The van der Waals surface area contributed by atoms with Crippen LogP contribution in [0, 0.1) is 5.92 Å². The summed E-state index contributed by atoms with van der Waals surface area (Å²) < 4.78 is 41.2. The first-order chi connectivity index (χ1) is 11.3. The van der Waals surface area contributed by atoms with Gasteiger partial charge in [0.2, 0.25) is 5.91 Å². The second-order valence-corrected chi connectivity index (χ2v) is 6.23. The predicted molar refractivity (Wildman–Crippen MR) is 84.4 cm³/mol. The van der Waals surface area contributed by atoms with Crippen LogP contribution in [0.5, 0.6) is 5.75 Å². The standard InChI is InChI=1S/C17H23F3N2O2/c1-12(21)13-8-10-22(11-9-13)16(23)7-6-14-4-2-3-5-15(14)24-17(18,19)20/h2-5,12-13H,6-11,21H2,1H3. The van der Waals surface area contributed by atoms with E-state index in [0.29, 0.717) is 24.6 Å². The van der Waals surface area contributed by atoms with Crippen molar-refractivity contribution in [2.75, 3.05) is 13.1 Å². The summed E-state index contributed by atoms with van der Waals surface area (Å²) >= 11 is 0. The monoisotopic (exact) mass is 344 g/mol. The molecule has 1 heterocycles. The molecule has 1 atom stereocenters. The SMILES string of the molecule is CC(N)C1CCN(C(=O)CCc2ccccc2OC(F)(F)F)CC1. The maximum absolute atomic E-state index is 12.4. The van der Waals surface area contributed by atoms with Crippen LogP contribution in [0.25, 0.3) is 0 Å². The number of benzene rings is 1. The van der Waals surface area contributed by atoms with E-state index in [1.165, 1.54) is 12.1 Å². The fourth-order valence-electron chi connectivity index (χ4n) is 3.01. The zero-order chi connectivity index (χ0) is 17.7. The minimum Gasteiger partial charge on any atom is -0.406 e. The number of halogens is 3. The van der Waals surface area contributed by atoms with Crippen molar-refractivity contribution in [2.45, 2.75) is 45.0 Å². The number of para-hydroxylation sites is 1. The quantitative estimate of drug-likeness (QED) is 0.893. The van der Waals surface area contributed by atoms with E-state index in [0.717, 1.165) is 12.8 Å². The number of ether oxygens (including phenoxy) is 1. The first-order valence-corrected chi connectivity index (χ1v) is 8.13. The van der Waals surface area contributed by atoms with Gasteiger partial charge in [0.25, 0.3) is 0 Å². The Morgan fingerprint density at radius 2 is 1.96 bits per heavy atom. The van der Waals surface area contributed by atoms with Crippen molar-refractivity contribution in [3.05, 3.63) is 29.8 Å². The number of likely N-dealkylation sites (tertiary alicyclic amines) is 1. The average Bonchev–Trinajstić information content (AvgIpc) is 2.52. The molecule has 24 heavy (non-hydrogen) atoms. The summed E-state index contributed by atoms with van der Waals surface area (Å²) in [4.78, 5) is 14.0. The molecule has 4 nitrogen and oxygen atoms in total. The van der Waals surface area contributed by atoms with Crippen molar-refractivity contribution in [1.82, 2.24) is 4.90 Å². The van der Waals surface area contributed by atoms with Gasteiger partial charge in [-0.25, -0.2) is 0 Å². The molecule has 0 aromatic heterocycles. The van der Waals surface area contributed by atoms with Crippen LogP contribution in [0.15, 0.2) is 24.3 Å². The molecule has 2 N–H and O–H groups in total. The number of rotatable bonds is 5. The van der Waals surface area contributed by atoms with Crippen molar-refractivity contribution in [3.63, 3.8) is 0 Å². The normalized spacial score (nSPS) is 17.6. The summed E-state index contributed by atoms with van der Waals surface area (Å²) in [6.07, 6.45) is -2.60. The Labute approximate surface area is 139 Å². The highest BCUT2D eigenvalue weighted by Crippen LogP contribution is 2.27. The van der Waals surface area contributed by atoms with Gasteiger partial charge in [0.15, 0.2) is 0 Å². The predicted octanol–water partition coefficient (Wildman–Crippen LogP) is 3.10. The number of hydrogen-bond donors (Lipinski definition) is 1. The minimum atomic E-state index is -4.74. The van der Waals surface area contributed by atoms with E-state index in [2.05, 4.69) is 4.74 Å². The van der Waals surface area contributed by atoms with Gasteiger partial charge in [-0.3, -0.25) is 4.79 Å². The lowest BCUT2D eigenvalue weighted by molar-refractivity contribution is -0.274. The Kier molecular flexibility index (Phi) is 6.10. The molecule has 1 aromatic carbocycles. The molecule has 0 bridgehead atoms. The first-order valence-electron chi connectivity index (χ1n) is 8.13. The molecule has 2 rings (SSSR count). The van der Waals surface area contributed by atoms with E-state index in [4.69, 9.17) is 5.73 Å². The van der Waals surface area contributed by atoms with Crippen LogP contribution in [0.4, 0.5) is 13.2 Å². The molecule has 1 aromatic rings. The molecule has 1 fully saturated rings. The smallest absolute Gasteiger partial charge is 0.406 e. The molecule has 0 saturated carbocycles. The van der Waals surface area contributed by atoms with Gasteiger partial charge in [-0.05, 0) is 43.7 Å². The van der Waals surface area contributed by atoms with Gasteiger partial charge < -0.3 is 15.4 Å². The molecular weight excluding hydrogens is 321 g/mol. The number of carbonyl (C=O) groups excluding carboxylic acids is 1. The zero-order valence-electron chi connectivity index (χ0n) is 13.7. The van der Waals surface area contributed by atoms with E-state index in [1.807, 2.05) is 6.92 Å². The van der Waals surface area contributed by atoms with Crippen molar-refractivity contribution in [2.24, 2.45) is 11.7 Å². The summed E-state index contributed by atoms with van der Waals surface area (Å²) in [7, 11) is 0. The fraction of sp³-hybridized carbons (Fsp3) is 0.588. The van der Waals surface area contributed by atoms with Crippen LogP contribution < -0.4 is 10.5 Å².